The summed E-state index contributed by atoms with van der Waals surface area (Å²) in [6, 6.07) is 8.23. The van der Waals surface area contributed by atoms with E-state index in [2.05, 4.69) is 5.32 Å². The maximum Gasteiger partial charge on any atom is 0.308 e. The van der Waals surface area contributed by atoms with Crippen LogP contribution in [0.1, 0.15) is 38.2 Å². The Kier molecular flexibility index (Phi) is 5.86. The molecular weight excluding hydrogens is 274 g/mol. The van der Waals surface area contributed by atoms with E-state index in [1.807, 2.05) is 31.2 Å². The summed E-state index contributed by atoms with van der Waals surface area (Å²) in [5.74, 6) is 0.00388. The van der Waals surface area contributed by atoms with Crippen molar-refractivity contribution in [3.63, 3.8) is 0 Å². The molecule has 0 saturated heterocycles. The van der Waals surface area contributed by atoms with Gasteiger partial charge in [-0.15, -0.1) is 0 Å². The van der Waals surface area contributed by atoms with Crippen LogP contribution in [0.25, 0.3) is 0 Å². The molecule has 0 spiro atoms. The van der Waals surface area contributed by atoms with Gasteiger partial charge in [0.15, 0.2) is 0 Å². The number of benzene rings is 1. The van der Waals surface area contributed by atoms with E-state index in [-0.39, 0.29) is 11.9 Å². The van der Waals surface area contributed by atoms with Gasteiger partial charge in [0.25, 0.3) is 0 Å². The molecule has 1 aliphatic rings. The topological polar surface area (TPSA) is 38.3 Å². The van der Waals surface area contributed by atoms with Gasteiger partial charge >= 0.3 is 5.97 Å². The first-order valence-electron chi connectivity index (χ1n) is 7.34. The second-order valence-electron chi connectivity index (χ2n) is 5.28. The molecule has 0 amide bonds. The van der Waals surface area contributed by atoms with Crippen LogP contribution in [0.3, 0.4) is 0 Å². The van der Waals surface area contributed by atoms with Crippen molar-refractivity contribution in [1.82, 2.24) is 5.32 Å². The highest BCUT2D eigenvalue weighted by Gasteiger charge is 2.27. The van der Waals surface area contributed by atoms with Crippen molar-refractivity contribution < 1.29 is 9.53 Å². The Morgan fingerprint density at radius 1 is 1.40 bits per heavy atom. The van der Waals surface area contributed by atoms with Crippen LogP contribution < -0.4 is 5.32 Å². The van der Waals surface area contributed by atoms with Gasteiger partial charge in [0.2, 0.25) is 0 Å². The minimum Gasteiger partial charge on any atom is -0.466 e. The zero-order valence-electron chi connectivity index (χ0n) is 11.9. The molecule has 1 aromatic carbocycles. The van der Waals surface area contributed by atoms with Gasteiger partial charge in [0.1, 0.15) is 0 Å². The third-order valence-electron chi connectivity index (χ3n) is 3.83. The molecule has 0 aromatic heterocycles. The predicted octanol–water partition coefficient (Wildman–Crippen LogP) is 3.55. The number of hydrogen-bond donors (Lipinski definition) is 1. The smallest absolute Gasteiger partial charge is 0.308 e. The highest BCUT2D eigenvalue weighted by molar-refractivity contribution is 6.31. The normalized spacial score (nSPS) is 22.5. The zero-order chi connectivity index (χ0) is 14.4. The van der Waals surface area contributed by atoms with Crippen LogP contribution in [-0.4, -0.2) is 18.6 Å². The van der Waals surface area contributed by atoms with Crippen molar-refractivity contribution in [3.8, 4) is 0 Å². The van der Waals surface area contributed by atoms with Crippen LogP contribution in [0.5, 0.6) is 0 Å². The van der Waals surface area contributed by atoms with Gasteiger partial charge in [-0.3, -0.25) is 4.79 Å². The molecule has 1 aliphatic carbocycles. The number of esters is 1. The first kappa shape index (κ1) is 15.3. The molecule has 0 radical (unpaired) electrons. The van der Waals surface area contributed by atoms with Crippen molar-refractivity contribution in [2.75, 3.05) is 6.61 Å². The van der Waals surface area contributed by atoms with Gasteiger partial charge in [0, 0.05) is 17.6 Å². The highest BCUT2D eigenvalue weighted by atomic mass is 35.5. The quantitative estimate of drug-likeness (QED) is 0.844. The van der Waals surface area contributed by atoms with Gasteiger partial charge in [-0.05, 0) is 37.8 Å². The predicted molar refractivity (Wildman–Crippen MR) is 80.7 cm³/mol. The van der Waals surface area contributed by atoms with Gasteiger partial charge < -0.3 is 10.1 Å². The second kappa shape index (κ2) is 7.65. The lowest BCUT2D eigenvalue weighted by molar-refractivity contribution is -0.149. The van der Waals surface area contributed by atoms with E-state index in [1.54, 1.807) is 0 Å². The molecule has 110 valence electrons. The van der Waals surface area contributed by atoms with Crippen molar-refractivity contribution in [2.24, 2.45) is 5.92 Å². The molecule has 2 unspecified atom stereocenters. The van der Waals surface area contributed by atoms with E-state index in [4.69, 9.17) is 16.3 Å². The number of halogens is 1. The molecule has 3 nitrogen and oxygen atoms in total. The lowest BCUT2D eigenvalue weighted by atomic mass is 9.85. The first-order valence-corrected chi connectivity index (χ1v) is 7.72. The largest absolute Gasteiger partial charge is 0.466 e. The third-order valence-corrected chi connectivity index (χ3v) is 4.20. The summed E-state index contributed by atoms with van der Waals surface area (Å²) in [5.41, 5.74) is 1.10. The van der Waals surface area contributed by atoms with Crippen molar-refractivity contribution in [2.45, 2.75) is 45.2 Å². The second-order valence-corrected chi connectivity index (χ2v) is 5.69. The minimum atomic E-state index is -0.0447. The molecule has 2 rings (SSSR count). The Bertz CT molecular complexity index is 450. The van der Waals surface area contributed by atoms with Gasteiger partial charge in [-0.1, -0.05) is 36.2 Å². The molecule has 4 heteroatoms. The fourth-order valence-corrected chi connectivity index (χ4v) is 2.95. The van der Waals surface area contributed by atoms with E-state index in [0.717, 1.165) is 42.8 Å². The summed E-state index contributed by atoms with van der Waals surface area (Å²) >= 11 is 6.15. The number of carbonyl (C=O) groups is 1. The number of rotatable bonds is 5. The molecule has 0 bridgehead atoms. The van der Waals surface area contributed by atoms with Crippen molar-refractivity contribution in [1.29, 1.82) is 0 Å². The van der Waals surface area contributed by atoms with Crippen LogP contribution in [0.15, 0.2) is 24.3 Å². The molecule has 1 aromatic rings. The summed E-state index contributed by atoms with van der Waals surface area (Å²) < 4.78 is 5.12. The monoisotopic (exact) mass is 295 g/mol. The summed E-state index contributed by atoms with van der Waals surface area (Å²) in [6.45, 7) is 3.07. The van der Waals surface area contributed by atoms with Crippen LogP contribution in [-0.2, 0) is 16.1 Å². The third kappa shape index (κ3) is 4.22. The Morgan fingerprint density at radius 2 is 2.20 bits per heavy atom. The fraction of sp³-hybridized carbons (Fsp3) is 0.562. The van der Waals surface area contributed by atoms with E-state index < -0.39 is 0 Å². The zero-order valence-corrected chi connectivity index (χ0v) is 12.7. The van der Waals surface area contributed by atoms with Crippen molar-refractivity contribution >= 4 is 17.6 Å². The van der Waals surface area contributed by atoms with Crippen LogP contribution in [0, 0.1) is 5.92 Å². The van der Waals surface area contributed by atoms with Crippen molar-refractivity contribution in [3.05, 3.63) is 34.9 Å². The standard InChI is InChI=1S/C16H22ClNO2/c1-2-20-16(19)12-7-5-8-14(10-12)18-11-13-6-3-4-9-15(13)17/h3-4,6,9,12,14,18H,2,5,7-8,10-11H2,1H3. The van der Waals surface area contributed by atoms with E-state index in [9.17, 15) is 4.79 Å². The Hall–Kier alpha value is -1.06. The lowest BCUT2D eigenvalue weighted by Crippen LogP contribution is -2.36. The molecule has 1 N–H and O–H groups in total. The average molecular weight is 296 g/mol. The van der Waals surface area contributed by atoms with Gasteiger partial charge in [-0.25, -0.2) is 0 Å². The van der Waals surface area contributed by atoms with E-state index in [0.29, 0.717) is 12.6 Å². The molecule has 1 fully saturated rings. The fourth-order valence-electron chi connectivity index (χ4n) is 2.75. The number of ether oxygens (including phenoxy) is 1. The molecule has 0 aliphatic heterocycles. The molecule has 2 atom stereocenters. The Balaban J connectivity index is 1.84. The SMILES string of the molecule is CCOC(=O)C1CCCC(NCc2ccccc2Cl)C1. The summed E-state index contributed by atoms with van der Waals surface area (Å²) in [6.07, 6.45) is 4.00. The molecule has 0 heterocycles. The lowest BCUT2D eigenvalue weighted by Gasteiger charge is -2.28. The van der Waals surface area contributed by atoms with Crippen LogP contribution in [0.4, 0.5) is 0 Å². The van der Waals surface area contributed by atoms with Gasteiger partial charge in [-0.2, -0.15) is 0 Å². The Morgan fingerprint density at radius 3 is 2.95 bits per heavy atom. The van der Waals surface area contributed by atoms with E-state index >= 15 is 0 Å². The van der Waals surface area contributed by atoms with E-state index in [1.165, 1.54) is 0 Å². The maximum atomic E-state index is 11.8. The summed E-state index contributed by atoms with van der Waals surface area (Å²) in [4.78, 5) is 11.8. The molecule has 20 heavy (non-hydrogen) atoms. The van der Waals surface area contributed by atoms with Gasteiger partial charge in [0.05, 0.1) is 12.5 Å². The Labute approximate surface area is 125 Å². The molecule has 1 saturated carbocycles. The number of nitrogens with one attached hydrogen (secondary N) is 1. The minimum absolute atomic E-state index is 0.0447. The maximum absolute atomic E-state index is 11.8. The van der Waals surface area contributed by atoms with Crippen LogP contribution >= 0.6 is 11.6 Å². The molecular formula is C16H22ClNO2. The first-order chi connectivity index (χ1) is 9.70. The van der Waals surface area contributed by atoms with Crippen LogP contribution in [0.2, 0.25) is 5.02 Å². The summed E-state index contributed by atoms with van der Waals surface area (Å²) in [5, 5.41) is 4.30. The summed E-state index contributed by atoms with van der Waals surface area (Å²) in [7, 11) is 0. The number of hydrogen-bond acceptors (Lipinski definition) is 3. The highest BCUT2D eigenvalue weighted by Crippen LogP contribution is 2.26. The average Bonchev–Trinajstić information content (AvgIpc) is 2.47. The number of carbonyl (C=O) groups excluding carboxylic acids is 1.